The molecule has 1 N–H and O–H groups in total. The van der Waals surface area contributed by atoms with Crippen molar-refractivity contribution < 1.29 is 9.90 Å². The topological polar surface area (TPSA) is 40.5 Å². The van der Waals surface area contributed by atoms with Crippen molar-refractivity contribution in [3.63, 3.8) is 0 Å². The molecule has 0 aromatic carbocycles. The van der Waals surface area contributed by atoms with E-state index in [4.69, 9.17) is 16.7 Å². The van der Waals surface area contributed by atoms with Crippen LogP contribution in [0.15, 0.2) is 0 Å². The molecule has 0 fully saturated rings. The summed E-state index contributed by atoms with van der Waals surface area (Å²) in [5, 5.41) is 8.21. The highest BCUT2D eigenvalue weighted by molar-refractivity contribution is 6.22. The van der Waals surface area contributed by atoms with Gasteiger partial charge in [-0.25, -0.2) is 0 Å². The second-order valence-electron chi connectivity index (χ2n) is 2.19. The van der Waals surface area contributed by atoms with Crippen LogP contribution in [-0.4, -0.2) is 35.6 Å². The average Bonchev–Trinajstić information content (AvgIpc) is 1.86. The summed E-state index contributed by atoms with van der Waals surface area (Å²) in [5.41, 5.74) is -0.408. The number of halogens is 1. The summed E-state index contributed by atoms with van der Waals surface area (Å²) in [4.78, 5) is 11.7. The molecule has 0 saturated heterocycles. The molecule has 0 saturated carbocycles. The zero-order chi connectivity index (χ0) is 8.85. The third-order valence-corrected chi connectivity index (χ3v) is 1.41. The Kier molecular flexibility index (Phi) is 4.67. The van der Waals surface area contributed by atoms with E-state index in [9.17, 15) is 4.79 Å². The fraction of sp³-hybridized carbons (Fsp3) is 0.571. The molecule has 0 aromatic heterocycles. The average molecular weight is 176 g/mol. The molecule has 0 bridgehead atoms. The van der Waals surface area contributed by atoms with E-state index in [1.165, 1.54) is 0 Å². The van der Waals surface area contributed by atoms with Crippen LogP contribution in [0, 0.1) is 11.8 Å². The van der Waals surface area contributed by atoms with Gasteiger partial charge in [-0.2, -0.15) is 0 Å². The number of rotatable bonds is 2. The van der Waals surface area contributed by atoms with Gasteiger partial charge < -0.3 is 5.11 Å². The lowest BCUT2D eigenvalue weighted by atomic mass is 10.4. The number of carboxylic acids is 1. The Morgan fingerprint density at radius 1 is 1.73 bits per heavy atom. The SMILES string of the molecule is CN(C)C(Cl)C#CCC(=O)O. The fourth-order valence-corrected chi connectivity index (χ4v) is 0.417. The van der Waals surface area contributed by atoms with Crippen molar-refractivity contribution in [2.45, 2.75) is 11.9 Å². The smallest absolute Gasteiger partial charge is 0.315 e. The first-order valence-corrected chi connectivity index (χ1v) is 3.48. The minimum absolute atomic E-state index is 0.156. The molecule has 0 radical (unpaired) electrons. The summed E-state index contributed by atoms with van der Waals surface area (Å²) in [6, 6.07) is 0. The second-order valence-corrected chi connectivity index (χ2v) is 2.60. The van der Waals surface area contributed by atoms with Crippen molar-refractivity contribution in [3.05, 3.63) is 0 Å². The van der Waals surface area contributed by atoms with Gasteiger partial charge in [0.2, 0.25) is 0 Å². The largest absolute Gasteiger partial charge is 0.481 e. The lowest BCUT2D eigenvalue weighted by molar-refractivity contribution is -0.135. The van der Waals surface area contributed by atoms with Crippen LogP contribution in [0.25, 0.3) is 0 Å². The van der Waals surface area contributed by atoms with Crippen molar-refractivity contribution in [3.8, 4) is 11.8 Å². The van der Waals surface area contributed by atoms with Gasteiger partial charge in [0, 0.05) is 0 Å². The first-order chi connectivity index (χ1) is 5.04. The van der Waals surface area contributed by atoms with E-state index in [-0.39, 0.29) is 6.42 Å². The van der Waals surface area contributed by atoms with E-state index in [2.05, 4.69) is 11.8 Å². The van der Waals surface area contributed by atoms with Crippen LogP contribution in [-0.2, 0) is 4.79 Å². The predicted octanol–water partition coefficient (Wildman–Crippen LogP) is 0.591. The highest BCUT2D eigenvalue weighted by Gasteiger charge is 2.00. The molecule has 0 spiro atoms. The summed E-state index contributed by atoms with van der Waals surface area (Å²) < 4.78 is 0. The van der Waals surface area contributed by atoms with Crippen molar-refractivity contribution in [1.82, 2.24) is 4.90 Å². The number of alkyl halides is 1. The van der Waals surface area contributed by atoms with Crippen molar-refractivity contribution in [2.75, 3.05) is 14.1 Å². The predicted molar refractivity (Wildman–Crippen MR) is 43.4 cm³/mol. The van der Waals surface area contributed by atoms with Crippen molar-refractivity contribution in [1.29, 1.82) is 0 Å². The summed E-state index contributed by atoms with van der Waals surface area (Å²) in [7, 11) is 3.54. The zero-order valence-electron chi connectivity index (χ0n) is 6.47. The van der Waals surface area contributed by atoms with Gasteiger partial charge in [-0.05, 0) is 14.1 Å². The molecule has 0 rings (SSSR count). The van der Waals surface area contributed by atoms with Crippen LogP contribution >= 0.6 is 11.6 Å². The summed E-state index contributed by atoms with van der Waals surface area (Å²) in [6.45, 7) is 0. The molecule has 3 nitrogen and oxygen atoms in total. The molecular formula is C7H10ClNO2. The molecular weight excluding hydrogens is 166 g/mol. The lowest BCUT2D eigenvalue weighted by Crippen LogP contribution is -2.20. The summed E-state index contributed by atoms with van der Waals surface area (Å²) in [5.74, 6) is 4.09. The normalized spacial score (nSPS) is 12.0. The van der Waals surface area contributed by atoms with E-state index >= 15 is 0 Å². The van der Waals surface area contributed by atoms with Gasteiger partial charge in [-0.15, -0.1) is 0 Å². The highest BCUT2D eigenvalue weighted by Crippen LogP contribution is 1.95. The molecule has 1 unspecified atom stereocenters. The monoisotopic (exact) mass is 175 g/mol. The van der Waals surface area contributed by atoms with E-state index in [1.54, 1.807) is 19.0 Å². The van der Waals surface area contributed by atoms with Gasteiger partial charge in [0.25, 0.3) is 0 Å². The van der Waals surface area contributed by atoms with Crippen molar-refractivity contribution >= 4 is 17.6 Å². The van der Waals surface area contributed by atoms with Gasteiger partial charge in [0.15, 0.2) is 0 Å². The standard InChI is InChI=1S/C7H10ClNO2/c1-9(2)6(8)4-3-5-7(10)11/h6H,5H2,1-2H3,(H,10,11). The number of carboxylic acid groups (broad SMARTS) is 1. The van der Waals surface area contributed by atoms with Gasteiger partial charge in [-0.1, -0.05) is 23.4 Å². The van der Waals surface area contributed by atoms with Gasteiger partial charge >= 0.3 is 5.97 Å². The third-order valence-electron chi connectivity index (χ3n) is 0.914. The number of nitrogens with zero attached hydrogens (tertiary/aromatic N) is 1. The molecule has 0 aliphatic heterocycles. The van der Waals surface area contributed by atoms with Gasteiger partial charge in [-0.3, -0.25) is 9.69 Å². The van der Waals surface area contributed by atoms with E-state index in [1.807, 2.05) is 0 Å². The minimum atomic E-state index is -0.930. The molecule has 11 heavy (non-hydrogen) atoms. The Balaban J connectivity index is 3.78. The molecule has 0 aromatic rings. The second kappa shape index (κ2) is 5.00. The Morgan fingerprint density at radius 3 is 2.64 bits per heavy atom. The maximum atomic E-state index is 9.99. The molecule has 1 atom stereocenters. The van der Waals surface area contributed by atoms with Crippen molar-refractivity contribution in [2.24, 2.45) is 0 Å². The van der Waals surface area contributed by atoms with E-state index in [0.717, 1.165) is 0 Å². The number of hydrogen-bond donors (Lipinski definition) is 1. The Morgan fingerprint density at radius 2 is 2.27 bits per heavy atom. The quantitative estimate of drug-likeness (QED) is 0.380. The Hall–Kier alpha value is -0.720. The molecule has 0 heterocycles. The Bertz CT molecular complexity index is 192. The van der Waals surface area contributed by atoms with Crippen LogP contribution in [0.2, 0.25) is 0 Å². The molecule has 0 amide bonds. The molecule has 4 heteroatoms. The highest BCUT2D eigenvalue weighted by atomic mass is 35.5. The zero-order valence-corrected chi connectivity index (χ0v) is 7.22. The number of aliphatic carboxylic acids is 1. The third kappa shape index (κ3) is 5.71. The van der Waals surface area contributed by atoms with E-state index < -0.39 is 11.5 Å². The first-order valence-electron chi connectivity index (χ1n) is 3.04. The summed E-state index contributed by atoms with van der Waals surface area (Å²) in [6.07, 6.45) is -0.156. The summed E-state index contributed by atoms with van der Waals surface area (Å²) >= 11 is 5.66. The number of hydrogen-bond acceptors (Lipinski definition) is 2. The van der Waals surface area contributed by atoms with E-state index in [0.29, 0.717) is 0 Å². The molecule has 0 aliphatic carbocycles. The van der Waals surface area contributed by atoms with Crippen LogP contribution in [0.5, 0.6) is 0 Å². The Labute approximate surface area is 70.9 Å². The minimum Gasteiger partial charge on any atom is -0.481 e. The van der Waals surface area contributed by atoms with Gasteiger partial charge in [0.1, 0.15) is 11.9 Å². The van der Waals surface area contributed by atoms with Crippen LogP contribution in [0.3, 0.4) is 0 Å². The maximum absolute atomic E-state index is 9.99. The first kappa shape index (κ1) is 10.3. The maximum Gasteiger partial charge on any atom is 0.315 e. The van der Waals surface area contributed by atoms with Gasteiger partial charge in [0.05, 0.1) is 0 Å². The fourth-order valence-electron chi connectivity index (χ4n) is 0.340. The molecule has 0 aliphatic rings. The van der Waals surface area contributed by atoms with Crippen LogP contribution < -0.4 is 0 Å². The molecule has 62 valence electrons. The number of carbonyl (C=O) groups is 1. The van der Waals surface area contributed by atoms with Crippen LogP contribution in [0.4, 0.5) is 0 Å². The van der Waals surface area contributed by atoms with Crippen LogP contribution in [0.1, 0.15) is 6.42 Å². The lowest BCUT2D eigenvalue weighted by Gasteiger charge is -2.09.